The Bertz CT molecular complexity index is 373. The third-order valence-electron chi connectivity index (χ3n) is 5.34. The fourth-order valence-corrected chi connectivity index (χ4v) is 3.81. The summed E-state index contributed by atoms with van der Waals surface area (Å²) in [5.41, 5.74) is 0.258. The molecule has 1 saturated heterocycles. The zero-order chi connectivity index (χ0) is 15.3. The molecule has 21 heavy (non-hydrogen) atoms. The van der Waals surface area contributed by atoms with E-state index in [9.17, 15) is 0 Å². The Labute approximate surface area is 129 Å². The molecule has 4 atom stereocenters. The van der Waals surface area contributed by atoms with Crippen molar-refractivity contribution in [3.63, 3.8) is 0 Å². The molecule has 0 aromatic rings. The summed E-state index contributed by atoms with van der Waals surface area (Å²) >= 11 is 0. The summed E-state index contributed by atoms with van der Waals surface area (Å²) in [4.78, 5) is 0. The van der Waals surface area contributed by atoms with Crippen LogP contribution in [0.3, 0.4) is 0 Å². The minimum atomic E-state index is -0.230. The van der Waals surface area contributed by atoms with Gasteiger partial charge in [-0.05, 0) is 70.1 Å². The van der Waals surface area contributed by atoms with Gasteiger partial charge in [0.2, 0.25) is 0 Å². The highest BCUT2D eigenvalue weighted by atomic mass is 16.8. The lowest BCUT2D eigenvalue weighted by molar-refractivity contribution is -0.133. The highest BCUT2D eigenvalue weighted by Crippen LogP contribution is 2.45. The quantitative estimate of drug-likeness (QED) is 0.661. The molecule has 3 rings (SSSR count). The van der Waals surface area contributed by atoms with Crippen LogP contribution in [0.15, 0.2) is 0 Å². The maximum absolute atomic E-state index is 6.32. The zero-order valence-corrected chi connectivity index (χ0v) is 14.4. The highest BCUT2D eigenvalue weighted by molar-refractivity contribution is 4.93. The Morgan fingerprint density at radius 3 is 2.52 bits per heavy atom. The number of epoxide rings is 1. The summed E-state index contributed by atoms with van der Waals surface area (Å²) in [6.07, 6.45) is 7.26. The van der Waals surface area contributed by atoms with Crippen molar-refractivity contribution in [3.8, 4) is 0 Å². The van der Waals surface area contributed by atoms with Gasteiger partial charge in [-0.3, -0.25) is 0 Å². The zero-order valence-electron chi connectivity index (χ0n) is 14.4. The van der Waals surface area contributed by atoms with Crippen LogP contribution < -0.4 is 0 Å². The molecule has 3 aliphatic rings. The van der Waals surface area contributed by atoms with Gasteiger partial charge in [0.15, 0.2) is 6.29 Å². The molecule has 3 heteroatoms. The van der Waals surface area contributed by atoms with Gasteiger partial charge >= 0.3 is 0 Å². The largest absolute Gasteiger partial charge is 0.370 e. The van der Waals surface area contributed by atoms with E-state index in [1.165, 1.54) is 32.1 Å². The van der Waals surface area contributed by atoms with Crippen molar-refractivity contribution in [2.45, 2.75) is 90.8 Å². The minimum Gasteiger partial charge on any atom is -0.370 e. The summed E-state index contributed by atoms with van der Waals surface area (Å²) < 4.78 is 17.8. The van der Waals surface area contributed by atoms with E-state index >= 15 is 0 Å². The van der Waals surface area contributed by atoms with Crippen LogP contribution in [-0.4, -0.2) is 30.7 Å². The Balaban J connectivity index is 1.40. The van der Waals surface area contributed by atoms with E-state index < -0.39 is 0 Å². The van der Waals surface area contributed by atoms with E-state index in [1.54, 1.807) is 0 Å². The Morgan fingerprint density at radius 1 is 1.24 bits per heavy atom. The van der Waals surface area contributed by atoms with Crippen molar-refractivity contribution in [1.82, 2.24) is 0 Å². The first kappa shape index (κ1) is 15.8. The van der Waals surface area contributed by atoms with Gasteiger partial charge in [-0.1, -0.05) is 13.8 Å². The molecule has 2 aliphatic carbocycles. The maximum Gasteiger partial charge on any atom is 0.184 e. The monoisotopic (exact) mass is 296 g/mol. The average Bonchev–Trinajstić information content (AvgIpc) is 3.23. The van der Waals surface area contributed by atoms with Crippen molar-refractivity contribution < 1.29 is 14.2 Å². The lowest BCUT2D eigenvalue weighted by atomic mass is 9.89. The summed E-state index contributed by atoms with van der Waals surface area (Å²) in [6, 6.07) is 0. The molecule has 3 fully saturated rings. The van der Waals surface area contributed by atoms with Crippen LogP contribution in [0.4, 0.5) is 0 Å². The van der Waals surface area contributed by atoms with E-state index in [2.05, 4.69) is 34.6 Å². The van der Waals surface area contributed by atoms with Gasteiger partial charge in [0, 0.05) is 0 Å². The van der Waals surface area contributed by atoms with E-state index in [1.807, 2.05) is 0 Å². The Kier molecular flexibility index (Phi) is 4.13. The molecule has 2 saturated carbocycles. The number of rotatable bonds is 7. The second kappa shape index (κ2) is 5.50. The SMILES string of the molecule is CC(OC(C)(C)COC1OC1C1CC1)C1CCC(C)(C)C1. The first-order chi connectivity index (χ1) is 9.76. The molecular weight excluding hydrogens is 264 g/mol. The van der Waals surface area contributed by atoms with Crippen LogP contribution in [0.25, 0.3) is 0 Å². The molecule has 0 spiro atoms. The van der Waals surface area contributed by atoms with Crippen LogP contribution in [0.1, 0.15) is 66.7 Å². The minimum absolute atomic E-state index is 0.0427. The molecule has 0 radical (unpaired) electrons. The smallest absolute Gasteiger partial charge is 0.184 e. The lowest BCUT2D eigenvalue weighted by Gasteiger charge is -2.32. The summed E-state index contributed by atoms with van der Waals surface area (Å²) in [7, 11) is 0. The lowest BCUT2D eigenvalue weighted by Crippen LogP contribution is -2.37. The molecule has 1 aliphatic heterocycles. The molecule has 1 heterocycles. The van der Waals surface area contributed by atoms with Gasteiger partial charge in [0.25, 0.3) is 0 Å². The molecular formula is C18H32O3. The van der Waals surface area contributed by atoms with E-state index in [-0.39, 0.29) is 11.9 Å². The Hall–Kier alpha value is -0.120. The number of hydrogen-bond acceptors (Lipinski definition) is 3. The normalized spacial score (nSPS) is 36.7. The van der Waals surface area contributed by atoms with Crippen molar-refractivity contribution in [2.24, 2.45) is 17.3 Å². The maximum atomic E-state index is 6.32. The van der Waals surface area contributed by atoms with Crippen LogP contribution >= 0.6 is 0 Å². The van der Waals surface area contributed by atoms with Gasteiger partial charge in [-0.25, -0.2) is 0 Å². The molecule has 0 aromatic carbocycles. The standard InChI is InChI=1S/C18H32O3/c1-12(14-8-9-17(2,3)10-14)21-18(4,5)11-19-16-15(20-16)13-6-7-13/h12-16H,6-11H2,1-5H3. The van der Waals surface area contributed by atoms with Gasteiger partial charge in [0.05, 0.1) is 18.3 Å². The fourth-order valence-electron chi connectivity index (χ4n) is 3.81. The number of hydrogen-bond donors (Lipinski definition) is 0. The van der Waals surface area contributed by atoms with Crippen LogP contribution in [-0.2, 0) is 14.2 Å². The van der Waals surface area contributed by atoms with Crippen LogP contribution in [0.2, 0.25) is 0 Å². The molecule has 0 N–H and O–H groups in total. The van der Waals surface area contributed by atoms with E-state index in [0.29, 0.717) is 30.1 Å². The fraction of sp³-hybridized carbons (Fsp3) is 1.00. The molecule has 3 nitrogen and oxygen atoms in total. The van der Waals surface area contributed by atoms with Gasteiger partial charge < -0.3 is 14.2 Å². The van der Waals surface area contributed by atoms with Crippen molar-refractivity contribution >= 4 is 0 Å². The number of ether oxygens (including phenoxy) is 3. The van der Waals surface area contributed by atoms with Gasteiger partial charge in [0.1, 0.15) is 6.10 Å². The molecule has 122 valence electrons. The molecule has 0 aromatic heterocycles. The third kappa shape index (κ3) is 4.20. The summed E-state index contributed by atoms with van der Waals surface area (Å²) in [5.74, 6) is 1.47. The van der Waals surface area contributed by atoms with Crippen molar-refractivity contribution in [1.29, 1.82) is 0 Å². The first-order valence-corrected chi connectivity index (χ1v) is 8.71. The van der Waals surface area contributed by atoms with Crippen LogP contribution in [0, 0.1) is 17.3 Å². The molecule has 4 unspecified atom stereocenters. The topological polar surface area (TPSA) is 31.0 Å². The van der Waals surface area contributed by atoms with Crippen molar-refractivity contribution in [2.75, 3.05) is 6.61 Å². The third-order valence-corrected chi connectivity index (χ3v) is 5.34. The second-order valence-corrected chi connectivity index (χ2v) is 8.87. The van der Waals surface area contributed by atoms with Crippen molar-refractivity contribution in [3.05, 3.63) is 0 Å². The predicted molar refractivity (Wildman–Crippen MR) is 83.1 cm³/mol. The Morgan fingerprint density at radius 2 is 1.95 bits per heavy atom. The second-order valence-electron chi connectivity index (χ2n) is 8.87. The van der Waals surface area contributed by atoms with Crippen LogP contribution in [0.5, 0.6) is 0 Å². The molecule has 0 bridgehead atoms. The predicted octanol–water partition coefficient (Wildman–Crippen LogP) is 4.15. The summed E-state index contributed by atoms with van der Waals surface area (Å²) in [5, 5.41) is 0. The summed E-state index contributed by atoms with van der Waals surface area (Å²) in [6.45, 7) is 11.9. The highest BCUT2D eigenvalue weighted by Gasteiger charge is 2.51. The van der Waals surface area contributed by atoms with Gasteiger partial charge in [-0.2, -0.15) is 0 Å². The molecule has 0 amide bonds. The van der Waals surface area contributed by atoms with E-state index in [0.717, 1.165) is 5.92 Å². The van der Waals surface area contributed by atoms with E-state index in [4.69, 9.17) is 14.2 Å². The average molecular weight is 296 g/mol. The first-order valence-electron chi connectivity index (χ1n) is 8.71. The van der Waals surface area contributed by atoms with Gasteiger partial charge in [-0.15, -0.1) is 0 Å².